The summed E-state index contributed by atoms with van der Waals surface area (Å²) < 4.78 is 0. The van der Waals surface area contributed by atoms with E-state index in [9.17, 15) is 14.7 Å². The number of hydrogen-bond acceptors (Lipinski definition) is 3. The number of nitrogens with one attached hydrogen (secondary N) is 1. The van der Waals surface area contributed by atoms with Gasteiger partial charge in [0.1, 0.15) is 0 Å². The molecule has 2 atom stereocenters. The second-order valence-electron chi connectivity index (χ2n) is 5.19. The van der Waals surface area contributed by atoms with E-state index < -0.39 is 17.4 Å². The maximum atomic E-state index is 11.9. The van der Waals surface area contributed by atoms with Crippen LogP contribution in [0, 0.1) is 5.92 Å². The lowest BCUT2D eigenvalue weighted by Gasteiger charge is -2.29. The Balaban J connectivity index is 2.75. The maximum absolute atomic E-state index is 11.9. The number of likely N-dealkylation sites (N-methyl/N-ethyl adjacent to an activating group) is 2. The van der Waals surface area contributed by atoms with Crippen LogP contribution in [0.15, 0.2) is 0 Å². The van der Waals surface area contributed by atoms with Gasteiger partial charge in [-0.25, -0.2) is 4.79 Å². The molecular weight excluding hydrogens is 232 g/mol. The summed E-state index contributed by atoms with van der Waals surface area (Å²) in [6.45, 7) is 2.83. The second kappa shape index (κ2) is 6.18. The average Bonchev–Trinajstić information content (AvgIpc) is 2.67. The van der Waals surface area contributed by atoms with Gasteiger partial charge >= 0.3 is 5.97 Å². The minimum absolute atomic E-state index is 0.301. The van der Waals surface area contributed by atoms with E-state index in [-0.39, 0.29) is 0 Å². The molecule has 1 heterocycles. The molecule has 0 aromatic carbocycles. The lowest BCUT2D eigenvalue weighted by atomic mass is 9.89. The minimum Gasteiger partial charge on any atom is -0.479 e. The summed E-state index contributed by atoms with van der Waals surface area (Å²) in [7, 11) is 3.22. The van der Waals surface area contributed by atoms with Crippen LogP contribution in [0.2, 0.25) is 0 Å². The summed E-state index contributed by atoms with van der Waals surface area (Å²) in [5.41, 5.74) is -1.37. The Bertz CT molecular complexity index is 319. The maximum Gasteiger partial charge on any atom is 0.333 e. The van der Waals surface area contributed by atoms with Crippen molar-refractivity contribution in [1.29, 1.82) is 0 Å². The van der Waals surface area contributed by atoms with Crippen LogP contribution < -0.4 is 5.32 Å². The van der Waals surface area contributed by atoms with Gasteiger partial charge in [-0.2, -0.15) is 0 Å². The number of nitrogens with zero attached hydrogens (tertiary/aromatic N) is 1. The third-order valence-electron chi connectivity index (χ3n) is 3.94. The van der Waals surface area contributed by atoms with E-state index in [2.05, 4.69) is 12.2 Å². The first-order chi connectivity index (χ1) is 8.48. The smallest absolute Gasteiger partial charge is 0.333 e. The van der Waals surface area contributed by atoms with E-state index in [1.165, 1.54) is 13.5 Å². The van der Waals surface area contributed by atoms with E-state index in [1.807, 2.05) is 0 Å². The van der Waals surface area contributed by atoms with Crippen molar-refractivity contribution in [2.45, 2.75) is 44.6 Å². The fourth-order valence-corrected chi connectivity index (χ4v) is 2.88. The Kier molecular flexibility index (Phi) is 5.14. The van der Waals surface area contributed by atoms with Gasteiger partial charge in [0, 0.05) is 13.6 Å². The Hall–Kier alpha value is -1.10. The SMILES string of the molecule is CCCCCC1CN(C)C(C(=O)O)(C(=O)NC)C1. The molecule has 2 N–H and O–H groups in total. The minimum atomic E-state index is -1.37. The number of hydrogen-bond donors (Lipinski definition) is 2. The topological polar surface area (TPSA) is 69.6 Å². The molecule has 0 aliphatic carbocycles. The van der Waals surface area contributed by atoms with Crippen molar-refractivity contribution in [2.24, 2.45) is 5.92 Å². The van der Waals surface area contributed by atoms with E-state index in [1.54, 1.807) is 11.9 Å². The second-order valence-corrected chi connectivity index (χ2v) is 5.19. The molecule has 0 bridgehead atoms. The Morgan fingerprint density at radius 1 is 1.44 bits per heavy atom. The van der Waals surface area contributed by atoms with Crippen molar-refractivity contribution in [3.8, 4) is 0 Å². The fraction of sp³-hybridized carbons (Fsp3) is 0.846. The first-order valence-corrected chi connectivity index (χ1v) is 6.65. The van der Waals surface area contributed by atoms with E-state index in [0.29, 0.717) is 18.9 Å². The number of carboxylic acid groups (broad SMARTS) is 1. The van der Waals surface area contributed by atoms with Crippen LogP contribution in [0.4, 0.5) is 0 Å². The Morgan fingerprint density at radius 3 is 2.61 bits per heavy atom. The number of likely N-dealkylation sites (tertiary alicyclic amines) is 1. The summed E-state index contributed by atoms with van der Waals surface area (Å²) in [6, 6.07) is 0. The highest BCUT2D eigenvalue weighted by Gasteiger charge is 2.55. The largest absolute Gasteiger partial charge is 0.479 e. The lowest BCUT2D eigenvalue weighted by Crippen LogP contribution is -2.58. The van der Waals surface area contributed by atoms with Crippen molar-refractivity contribution in [3.05, 3.63) is 0 Å². The molecule has 1 aliphatic rings. The molecule has 0 saturated carbocycles. The molecular formula is C13H24N2O3. The molecule has 18 heavy (non-hydrogen) atoms. The Labute approximate surface area is 109 Å². The summed E-state index contributed by atoms with van der Waals surface area (Å²) in [4.78, 5) is 25.1. The number of carbonyl (C=O) groups excluding carboxylic acids is 1. The van der Waals surface area contributed by atoms with Crippen molar-refractivity contribution in [1.82, 2.24) is 10.2 Å². The van der Waals surface area contributed by atoms with Crippen LogP contribution in [-0.4, -0.2) is 48.1 Å². The van der Waals surface area contributed by atoms with Gasteiger partial charge in [0.2, 0.25) is 0 Å². The van der Waals surface area contributed by atoms with Crippen LogP contribution in [-0.2, 0) is 9.59 Å². The quantitative estimate of drug-likeness (QED) is 0.551. The molecule has 2 unspecified atom stereocenters. The van der Waals surface area contributed by atoms with Crippen LogP contribution in [0.1, 0.15) is 39.0 Å². The van der Waals surface area contributed by atoms with Crippen molar-refractivity contribution >= 4 is 11.9 Å². The molecule has 1 fully saturated rings. The number of aliphatic carboxylic acids is 1. The van der Waals surface area contributed by atoms with E-state index in [0.717, 1.165) is 19.3 Å². The van der Waals surface area contributed by atoms with Crippen LogP contribution >= 0.6 is 0 Å². The molecule has 1 amide bonds. The van der Waals surface area contributed by atoms with Crippen LogP contribution in [0.25, 0.3) is 0 Å². The zero-order valence-electron chi connectivity index (χ0n) is 11.5. The Morgan fingerprint density at radius 2 is 2.11 bits per heavy atom. The van der Waals surface area contributed by atoms with Crippen molar-refractivity contribution in [3.63, 3.8) is 0 Å². The van der Waals surface area contributed by atoms with Gasteiger partial charge in [-0.05, 0) is 25.8 Å². The summed E-state index contributed by atoms with van der Waals surface area (Å²) in [6.07, 6.45) is 4.85. The monoisotopic (exact) mass is 256 g/mol. The molecule has 104 valence electrons. The third-order valence-corrected chi connectivity index (χ3v) is 3.94. The molecule has 5 heteroatoms. The molecule has 0 aromatic heterocycles. The summed E-state index contributed by atoms with van der Waals surface area (Å²) in [5.74, 6) is -1.15. The van der Waals surface area contributed by atoms with Gasteiger partial charge in [0.15, 0.2) is 5.54 Å². The zero-order chi connectivity index (χ0) is 13.8. The highest BCUT2D eigenvalue weighted by Crippen LogP contribution is 2.35. The first-order valence-electron chi connectivity index (χ1n) is 6.65. The summed E-state index contributed by atoms with van der Waals surface area (Å²) >= 11 is 0. The van der Waals surface area contributed by atoms with Crippen LogP contribution in [0.5, 0.6) is 0 Å². The number of rotatable bonds is 6. The van der Waals surface area contributed by atoms with Gasteiger partial charge in [-0.15, -0.1) is 0 Å². The first kappa shape index (κ1) is 15.0. The van der Waals surface area contributed by atoms with Gasteiger partial charge in [0.05, 0.1) is 0 Å². The average molecular weight is 256 g/mol. The number of unbranched alkanes of at least 4 members (excludes halogenated alkanes) is 2. The molecule has 0 aromatic rings. The molecule has 5 nitrogen and oxygen atoms in total. The third kappa shape index (κ3) is 2.66. The van der Waals surface area contributed by atoms with Crippen molar-refractivity contribution in [2.75, 3.05) is 20.6 Å². The molecule has 1 saturated heterocycles. The van der Waals surface area contributed by atoms with Gasteiger partial charge < -0.3 is 10.4 Å². The van der Waals surface area contributed by atoms with Gasteiger partial charge in [-0.1, -0.05) is 26.2 Å². The van der Waals surface area contributed by atoms with Crippen LogP contribution in [0.3, 0.4) is 0 Å². The van der Waals surface area contributed by atoms with Crippen molar-refractivity contribution < 1.29 is 14.7 Å². The standard InChI is InChI=1S/C13H24N2O3/c1-4-5-6-7-10-8-13(12(17)18,11(16)14-2)15(3)9-10/h10H,4-9H2,1-3H3,(H,14,16)(H,17,18). The lowest BCUT2D eigenvalue weighted by molar-refractivity contribution is -0.155. The summed E-state index contributed by atoms with van der Waals surface area (Å²) in [5, 5.41) is 11.9. The molecule has 0 radical (unpaired) electrons. The fourth-order valence-electron chi connectivity index (χ4n) is 2.88. The molecule has 0 spiro atoms. The highest BCUT2D eigenvalue weighted by molar-refractivity contribution is 6.06. The molecule has 1 aliphatic heterocycles. The predicted octanol–water partition coefficient (Wildman–Crippen LogP) is 1.09. The van der Waals surface area contributed by atoms with Gasteiger partial charge in [0.25, 0.3) is 5.91 Å². The number of amides is 1. The zero-order valence-corrected chi connectivity index (χ0v) is 11.5. The van der Waals surface area contributed by atoms with Gasteiger partial charge in [-0.3, -0.25) is 9.69 Å². The normalized spacial score (nSPS) is 28.3. The number of carbonyl (C=O) groups is 2. The molecule has 1 rings (SSSR count). The van der Waals surface area contributed by atoms with E-state index in [4.69, 9.17) is 0 Å². The number of carboxylic acids is 1. The highest BCUT2D eigenvalue weighted by atomic mass is 16.4. The van der Waals surface area contributed by atoms with E-state index >= 15 is 0 Å². The predicted molar refractivity (Wildman–Crippen MR) is 69.3 cm³/mol.